The summed E-state index contributed by atoms with van der Waals surface area (Å²) in [5, 5.41) is 9.91. The second kappa shape index (κ2) is 6.19. The van der Waals surface area contributed by atoms with Crippen LogP contribution in [0, 0.1) is 0 Å². The fourth-order valence-electron chi connectivity index (χ4n) is 0.722. The van der Waals surface area contributed by atoms with Crippen LogP contribution in [0.2, 0.25) is 0 Å². The van der Waals surface area contributed by atoms with E-state index in [-0.39, 0.29) is 0 Å². The molecule has 1 amide bonds. The van der Waals surface area contributed by atoms with Crippen molar-refractivity contribution in [3.63, 3.8) is 0 Å². The predicted molar refractivity (Wildman–Crippen MR) is 47.8 cm³/mol. The number of carbonyl (C=O) groups excluding carboxylic acids is 1. The van der Waals surface area contributed by atoms with Crippen LogP contribution >= 0.6 is 0 Å². The zero-order chi connectivity index (χ0) is 10.3. The molecule has 0 bridgehead atoms. The van der Waals surface area contributed by atoms with E-state index in [0.29, 0.717) is 13.1 Å². The van der Waals surface area contributed by atoms with Crippen LogP contribution in [-0.4, -0.2) is 35.1 Å². The van der Waals surface area contributed by atoms with Gasteiger partial charge in [-0.05, 0) is 0 Å². The Labute approximate surface area is 77.0 Å². The summed E-state index contributed by atoms with van der Waals surface area (Å²) in [5.74, 6) is -1.55. The number of hydrazine groups is 1. The highest BCUT2D eigenvalue weighted by Gasteiger charge is 2.01. The molecule has 0 aliphatic carbocycles. The number of hydrogen-bond donors (Lipinski definition) is 2. The minimum Gasteiger partial charge on any atom is -0.478 e. The molecule has 0 unspecified atom stereocenters. The fraction of sp³-hybridized carbons (Fsp3) is 0.500. The van der Waals surface area contributed by atoms with Crippen molar-refractivity contribution < 1.29 is 14.7 Å². The summed E-state index contributed by atoms with van der Waals surface area (Å²) in [6.45, 7) is 5.15. The molecule has 0 aliphatic rings. The van der Waals surface area contributed by atoms with Crippen LogP contribution in [0.15, 0.2) is 12.2 Å². The van der Waals surface area contributed by atoms with Gasteiger partial charge in [0.05, 0.1) is 0 Å². The van der Waals surface area contributed by atoms with Gasteiger partial charge < -0.3 is 5.11 Å². The van der Waals surface area contributed by atoms with Gasteiger partial charge >= 0.3 is 5.97 Å². The minimum atomic E-state index is -1.13. The molecule has 5 heteroatoms. The van der Waals surface area contributed by atoms with Crippen LogP contribution in [0.3, 0.4) is 0 Å². The first-order chi connectivity index (χ1) is 6.10. The monoisotopic (exact) mass is 186 g/mol. The number of carboxylic acid groups (broad SMARTS) is 1. The summed E-state index contributed by atoms with van der Waals surface area (Å²) in [7, 11) is 0. The summed E-state index contributed by atoms with van der Waals surface area (Å²) in [4.78, 5) is 21.0. The Morgan fingerprint density at radius 1 is 1.31 bits per heavy atom. The van der Waals surface area contributed by atoms with Crippen molar-refractivity contribution in [2.24, 2.45) is 0 Å². The van der Waals surface area contributed by atoms with E-state index in [1.807, 2.05) is 13.8 Å². The Morgan fingerprint density at radius 3 is 2.23 bits per heavy atom. The maximum Gasteiger partial charge on any atom is 0.328 e. The molecule has 0 aromatic rings. The van der Waals surface area contributed by atoms with Crippen LogP contribution < -0.4 is 5.43 Å². The van der Waals surface area contributed by atoms with Crippen molar-refractivity contribution in [1.82, 2.24) is 10.4 Å². The molecule has 0 radical (unpaired) electrons. The lowest BCUT2D eigenvalue weighted by Gasteiger charge is -2.17. The van der Waals surface area contributed by atoms with Gasteiger partial charge in [0.25, 0.3) is 5.91 Å². The smallest absolute Gasteiger partial charge is 0.328 e. The summed E-state index contributed by atoms with van der Waals surface area (Å²) < 4.78 is 0. The van der Waals surface area contributed by atoms with Crippen LogP contribution in [-0.2, 0) is 9.59 Å². The molecule has 0 saturated carbocycles. The van der Waals surface area contributed by atoms with E-state index in [1.54, 1.807) is 5.01 Å². The number of hydrogen-bond acceptors (Lipinski definition) is 3. The number of amides is 1. The van der Waals surface area contributed by atoms with E-state index >= 15 is 0 Å². The van der Waals surface area contributed by atoms with Crippen LogP contribution in [0.5, 0.6) is 0 Å². The SMILES string of the molecule is CCN(CC)NC(=O)/C=C\C(=O)O. The standard InChI is InChI=1S/C8H14N2O3/c1-3-10(4-2)9-7(11)5-6-8(12)13/h5-6H,3-4H2,1-2H3,(H,9,11)(H,12,13)/b6-5-. The van der Waals surface area contributed by atoms with Crippen molar-refractivity contribution in [2.75, 3.05) is 13.1 Å². The number of nitrogens with zero attached hydrogens (tertiary/aromatic N) is 1. The second-order valence-electron chi connectivity index (χ2n) is 2.32. The largest absolute Gasteiger partial charge is 0.478 e. The predicted octanol–water partition coefficient (Wildman–Crippen LogP) is 0.000200. The number of carbonyl (C=O) groups is 2. The summed E-state index contributed by atoms with van der Waals surface area (Å²) >= 11 is 0. The summed E-state index contributed by atoms with van der Waals surface area (Å²) in [6, 6.07) is 0. The minimum absolute atomic E-state index is 0.425. The van der Waals surface area contributed by atoms with Crippen LogP contribution in [0.25, 0.3) is 0 Å². The number of nitrogens with one attached hydrogen (secondary N) is 1. The van der Waals surface area contributed by atoms with Crippen molar-refractivity contribution in [1.29, 1.82) is 0 Å². The van der Waals surface area contributed by atoms with Gasteiger partial charge in [-0.3, -0.25) is 10.2 Å². The zero-order valence-electron chi connectivity index (χ0n) is 7.78. The number of aliphatic carboxylic acids is 1. The Kier molecular flexibility index (Phi) is 5.54. The average Bonchev–Trinajstić information content (AvgIpc) is 2.10. The molecule has 0 saturated heterocycles. The topological polar surface area (TPSA) is 69.6 Å². The molecule has 0 heterocycles. The van der Waals surface area contributed by atoms with E-state index in [0.717, 1.165) is 12.2 Å². The summed E-state index contributed by atoms with van der Waals surface area (Å²) in [5.41, 5.74) is 2.52. The quantitative estimate of drug-likeness (QED) is 0.468. The molecule has 74 valence electrons. The van der Waals surface area contributed by atoms with Gasteiger partial charge in [-0.15, -0.1) is 0 Å². The molecule has 0 aliphatic heterocycles. The first-order valence-corrected chi connectivity index (χ1v) is 4.06. The third-order valence-electron chi connectivity index (χ3n) is 1.41. The lowest BCUT2D eigenvalue weighted by Crippen LogP contribution is -2.41. The van der Waals surface area contributed by atoms with Crippen LogP contribution in [0.4, 0.5) is 0 Å². The molecule has 0 atom stereocenters. The number of rotatable bonds is 5. The molecule has 0 aromatic carbocycles. The molecular formula is C8H14N2O3. The summed E-state index contributed by atoms with van der Waals surface area (Å²) in [6.07, 6.45) is 1.79. The van der Waals surface area contributed by atoms with E-state index in [4.69, 9.17) is 5.11 Å². The highest BCUT2D eigenvalue weighted by molar-refractivity contribution is 5.93. The molecule has 0 spiro atoms. The van der Waals surface area contributed by atoms with E-state index < -0.39 is 11.9 Å². The Balaban J connectivity index is 3.92. The third-order valence-corrected chi connectivity index (χ3v) is 1.41. The second-order valence-corrected chi connectivity index (χ2v) is 2.32. The van der Waals surface area contributed by atoms with Crippen molar-refractivity contribution in [2.45, 2.75) is 13.8 Å². The fourth-order valence-corrected chi connectivity index (χ4v) is 0.722. The zero-order valence-corrected chi connectivity index (χ0v) is 7.78. The highest BCUT2D eigenvalue weighted by atomic mass is 16.4. The van der Waals surface area contributed by atoms with Crippen molar-refractivity contribution >= 4 is 11.9 Å². The maximum atomic E-state index is 11.0. The van der Waals surface area contributed by atoms with Gasteiger partial charge in [0.1, 0.15) is 0 Å². The molecule has 13 heavy (non-hydrogen) atoms. The van der Waals surface area contributed by atoms with Gasteiger partial charge in [0.15, 0.2) is 0 Å². The first-order valence-electron chi connectivity index (χ1n) is 4.06. The highest BCUT2D eigenvalue weighted by Crippen LogP contribution is 1.81. The van der Waals surface area contributed by atoms with E-state index in [1.165, 1.54) is 0 Å². The van der Waals surface area contributed by atoms with Gasteiger partial charge in [0, 0.05) is 25.2 Å². The number of carboxylic acids is 1. The first kappa shape index (κ1) is 11.6. The van der Waals surface area contributed by atoms with Gasteiger partial charge in [-0.25, -0.2) is 9.80 Å². The van der Waals surface area contributed by atoms with Gasteiger partial charge in [-0.2, -0.15) is 0 Å². The van der Waals surface area contributed by atoms with Crippen LogP contribution in [0.1, 0.15) is 13.8 Å². The molecule has 0 aromatic heterocycles. The van der Waals surface area contributed by atoms with Crippen molar-refractivity contribution in [3.8, 4) is 0 Å². The molecular weight excluding hydrogens is 172 g/mol. The average molecular weight is 186 g/mol. The maximum absolute atomic E-state index is 11.0. The third kappa shape index (κ3) is 5.86. The lowest BCUT2D eigenvalue weighted by atomic mass is 10.5. The Morgan fingerprint density at radius 2 is 1.85 bits per heavy atom. The lowest BCUT2D eigenvalue weighted by molar-refractivity contribution is -0.132. The Bertz CT molecular complexity index is 209. The Hall–Kier alpha value is -1.36. The molecule has 2 N–H and O–H groups in total. The molecule has 0 fully saturated rings. The van der Waals surface area contributed by atoms with Gasteiger partial charge in [-0.1, -0.05) is 13.8 Å². The van der Waals surface area contributed by atoms with E-state index in [2.05, 4.69) is 5.43 Å². The van der Waals surface area contributed by atoms with E-state index in [9.17, 15) is 9.59 Å². The van der Waals surface area contributed by atoms with Gasteiger partial charge in [0.2, 0.25) is 0 Å². The normalized spacial score (nSPS) is 10.7. The van der Waals surface area contributed by atoms with Crippen molar-refractivity contribution in [3.05, 3.63) is 12.2 Å². The molecule has 0 rings (SSSR count). The molecule has 5 nitrogen and oxygen atoms in total.